The van der Waals surface area contributed by atoms with Crippen LogP contribution in [0.5, 0.6) is 0 Å². The van der Waals surface area contributed by atoms with Gasteiger partial charge in [0.2, 0.25) is 0 Å². The van der Waals surface area contributed by atoms with E-state index in [0.29, 0.717) is 13.2 Å². The van der Waals surface area contributed by atoms with Gasteiger partial charge in [0.1, 0.15) is 5.82 Å². The van der Waals surface area contributed by atoms with Crippen LogP contribution < -0.4 is 5.32 Å². The molecule has 16 heavy (non-hydrogen) atoms. The molecule has 0 atom stereocenters. The van der Waals surface area contributed by atoms with E-state index in [0.717, 1.165) is 12.4 Å². The number of aryl methyl sites for hydroxylation is 1. The van der Waals surface area contributed by atoms with Gasteiger partial charge in [-0.3, -0.25) is 0 Å². The third-order valence-corrected chi connectivity index (χ3v) is 2.73. The van der Waals surface area contributed by atoms with E-state index in [9.17, 15) is 0 Å². The van der Waals surface area contributed by atoms with Crippen molar-refractivity contribution in [3.05, 3.63) is 18.2 Å². The SMILES string of the molecule is Cn1ccnc1CNC1COC(C)(C)OC1. The van der Waals surface area contributed by atoms with Crippen molar-refractivity contribution in [2.45, 2.75) is 32.2 Å². The van der Waals surface area contributed by atoms with Crippen molar-refractivity contribution in [1.82, 2.24) is 14.9 Å². The minimum atomic E-state index is -0.443. The van der Waals surface area contributed by atoms with E-state index >= 15 is 0 Å². The fourth-order valence-corrected chi connectivity index (χ4v) is 1.61. The molecule has 2 heterocycles. The Morgan fingerprint density at radius 1 is 1.50 bits per heavy atom. The number of hydrogen-bond donors (Lipinski definition) is 1. The van der Waals surface area contributed by atoms with Gasteiger partial charge >= 0.3 is 0 Å². The first-order chi connectivity index (χ1) is 7.57. The maximum Gasteiger partial charge on any atom is 0.162 e. The second-order valence-electron chi connectivity index (χ2n) is 4.55. The van der Waals surface area contributed by atoms with Gasteiger partial charge in [0.05, 0.1) is 25.8 Å². The predicted molar refractivity (Wildman–Crippen MR) is 59.8 cm³/mol. The molecule has 0 aromatic carbocycles. The molecule has 1 aliphatic heterocycles. The third-order valence-electron chi connectivity index (χ3n) is 2.73. The number of ether oxygens (including phenoxy) is 2. The van der Waals surface area contributed by atoms with E-state index in [1.165, 1.54) is 0 Å². The highest BCUT2D eigenvalue weighted by Gasteiger charge is 2.27. The Bertz CT molecular complexity index is 339. The van der Waals surface area contributed by atoms with Crippen LogP contribution in [-0.4, -0.2) is 34.6 Å². The molecular weight excluding hydrogens is 206 g/mol. The van der Waals surface area contributed by atoms with Crippen molar-refractivity contribution in [2.75, 3.05) is 13.2 Å². The van der Waals surface area contributed by atoms with Crippen LogP contribution in [0.15, 0.2) is 12.4 Å². The van der Waals surface area contributed by atoms with Crippen LogP contribution in [0.1, 0.15) is 19.7 Å². The Labute approximate surface area is 95.8 Å². The van der Waals surface area contributed by atoms with Crippen LogP contribution >= 0.6 is 0 Å². The fraction of sp³-hybridized carbons (Fsp3) is 0.727. The number of aromatic nitrogens is 2. The summed E-state index contributed by atoms with van der Waals surface area (Å²) in [6.07, 6.45) is 3.74. The summed E-state index contributed by atoms with van der Waals surface area (Å²) in [6.45, 7) is 5.96. The van der Waals surface area contributed by atoms with Gasteiger partial charge < -0.3 is 19.4 Å². The number of rotatable bonds is 3. The molecule has 90 valence electrons. The van der Waals surface area contributed by atoms with Gasteiger partial charge in [-0.25, -0.2) is 4.98 Å². The first kappa shape index (κ1) is 11.6. The highest BCUT2D eigenvalue weighted by Crippen LogP contribution is 2.16. The summed E-state index contributed by atoms with van der Waals surface area (Å²) in [5.41, 5.74) is 0. The van der Waals surface area contributed by atoms with Gasteiger partial charge in [0.15, 0.2) is 5.79 Å². The summed E-state index contributed by atoms with van der Waals surface area (Å²) in [5, 5.41) is 3.37. The Balaban J connectivity index is 1.78. The zero-order valence-corrected chi connectivity index (χ0v) is 10.1. The summed E-state index contributed by atoms with van der Waals surface area (Å²) in [5.74, 6) is 0.575. The standard InChI is InChI=1S/C11H19N3O2/c1-11(2)15-7-9(8-16-11)13-6-10-12-4-5-14(10)3/h4-5,9,13H,6-8H2,1-3H3. The zero-order chi connectivity index (χ0) is 11.6. The molecule has 1 N–H and O–H groups in total. The molecule has 0 unspecified atom stereocenters. The largest absolute Gasteiger partial charge is 0.349 e. The number of imidazole rings is 1. The maximum absolute atomic E-state index is 5.57. The van der Waals surface area contributed by atoms with Gasteiger partial charge in [0, 0.05) is 19.4 Å². The summed E-state index contributed by atoms with van der Waals surface area (Å²) >= 11 is 0. The van der Waals surface area contributed by atoms with Crippen LogP contribution in [0.2, 0.25) is 0 Å². The van der Waals surface area contributed by atoms with Crippen molar-refractivity contribution >= 4 is 0 Å². The molecule has 0 bridgehead atoms. The van der Waals surface area contributed by atoms with Crippen LogP contribution in [-0.2, 0) is 23.1 Å². The molecule has 0 radical (unpaired) electrons. The second kappa shape index (κ2) is 4.53. The van der Waals surface area contributed by atoms with Crippen molar-refractivity contribution in [3.63, 3.8) is 0 Å². The zero-order valence-electron chi connectivity index (χ0n) is 10.1. The molecule has 5 heteroatoms. The smallest absolute Gasteiger partial charge is 0.162 e. The highest BCUT2D eigenvalue weighted by atomic mass is 16.7. The molecule has 0 amide bonds. The summed E-state index contributed by atoms with van der Waals surface area (Å²) in [6, 6.07) is 0.240. The number of nitrogens with zero attached hydrogens (tertiary/aromatic N) is 2. The fourth-order valence-electron chi connectivity index (χ4n) is 1.61. The lowest BCUT2D eigenvalue weighted by molar-refractivity contribution is -0.253. The lowest BCUT2D eigenvalue weighted by Gasteiger charge is -2.35. The minimum absolute atomic E-state index is 0.240. The lowest BCUT2D eigenvalue weighted by atomic mass is 10.2. The molecule has 5 nitrogen and oxygen atoms in total. The Hall–Kier alpha value is -0.910. The lowest BCUT2D eigenvalue weighted by Crippen LogP contribution is -2.48. The topological polar surface area (TPSA) is 48.3 Å². The van der Waals surface area contributed by atoms with Crippen LogP contribution in [0, 0.1) is 0 Å². The van der Waals surface area contributed by atoms with Crippen molar-refractivity contribution < 1.29 is 9.47 Å². The normalized spacial score (nSPS) is 21.2. The quantitative estimate of drug-likeness (QED) is 0.821. The summed E-state index contributed by atoms with van der Waals surface area (Å²) in [7, 11) is 1.99. The molecule has 1 aromatic heterocycles. The first-order valence-electron chi connectivity index (χ1n) is 5.54. The average Bonchev–Trinajstić information content (AvgIpc) is 2.63. The van der Waals surface area contributed by atoms with Crippen molar-refractivity contribution in [3.8, 4) is 0 Å². The summed E-state index contributed by atoms with van der Waals surface area (Å²) in [4.78, 5) is 4.25. The monoisotopic (exact) mass is 225 g/mol. The molecule has 2 rings (SSSR count). The predicted octanol–water partition coefficient (Wildman–Crippen LogP) is 0.661. The van der Waals surface area contributed by atoms with Gasteiger partial charge in [-0.2, -0.15) is 0 Å². The van der Waals surface area contributed by atoms with E-state index in [4.69, 9.17) is 9.47 Å². The van der Waals surface area contributed by atoms with E-state index in [1.54, 1.807) is 6.20 Å². The Kier molecular flexibility index (Phi) is 3.28. The van der Waals surface area contributed by atoms with Gasteiger partial charge in [-0.05, 0) is 13.8 Å². The van der Waals surface area contributed by atoms with Crippen LogP contribution in [0.4, 0.5) is 0 Å². The van der Waals surface area contributed by atoms with E-state index in [-0.39, 0.29) is 6.04 Å². The third kappa shape index (κ3) is 2.81. The van der Waals surface area contributed by atoms with Crippen molar-refractivity contribution in [1.29, 1.82) is 0 Å². The number of hydrogen-bond acceptors (Lipinski definition) is 4. The molecule has 1 aliphatic rings. The van der Waals surface area contributed by atoms with Gasteiger partial charge in [-0.15, -0.1) is 0 Å². The van der Waals surface area contributed by atoms with Crippen LogP contribution in [0.25, 0.3) is 0 Å². The Morgan fingerprint density at radius 2 is 2.19 bits per heavy atom. The molecule has 0 saturated carbocycles. The second-order valence-corrected chi connectivity index (χ2v) is 4.55. The van der Waals surface area contributed by atoms with E-state index in [2.05, 4.69) is 10.3 Å². The van der Waals surface area contributed by atoms with E-state index in [1.807, 2.05) is 31.7 Å². The minimum Gasteiger partial charge on any atom is -0.349 e. The molecule has 1 aromatic rings. The van der Waals surface area contributed by atoms with Gasteiger partial charge in [-0.1, -0.05) is 0 Å². The molecule has 1 saturated heterocycles. The molecule has 0 aliphatic carbocycles. The van der Waals surface area contributed by atoms with Crippen LogP contribution in [0.3, 0.4) is 0 Å². The highest BCUT2D eigenvalue weighted by molar-refractivity contribution is 4.91. The molecule has 0 spiro atoms. The van der Waals surface area contributed by atoms with Crippen molar-refractivity contribution in [2.24, 2.45) is 7.05 Å². The first-order valence-corrected chi connectivity index (χ1v) is 5.54. The molecular formula is C11H19N3O2. The van der Waals surface area contributed by atoms with Gasteiger partial charge in [0.25, 0.3) is 0 Å². The number of nitrogens with one attached hydrogen (secondary N) is 1. The summed E-state index contributed by atoms with van der Waals surface area (Å²) < 4.78 is 13.1. The average molecular weight is 225 g/mol. The van der Waals surface area contributed by atoms with E-state index < -0.39 is 5.79 Å². The molecule has 1 fully saturated rings. The Morgan fingerprint density at radius 3 is 2.75 bits per heavy atom. The maximum atomic E-state index is 5.57.